The fraction of sp³-hybridized carbons (Fsp3) is 0.594. The minimum absolute atomic E-state index is 0.105. The highest BCUT2D eigenvalue weighted by Gasteiger charge is 2.48. The number of methoxy groups -OCH3 is 4. The van der Waals surface area contributed by atoms with Crippen LogP contribution in [0.2, 0.25) is 0 Å². The monoisotopic (exact) mass is 590 g/mol. The molecule has 0 amide bonds. The molecule has 3 aliphatic heterocycles. The first kappa shape index (κ1) is 33.5. The average Bonchev–Trinajstić information content (AvgIpc) is 3.65. The van der Waals surface area contributed by atoms with Crippen LogP contribution >= 0.6 is 0 Å². The maximum atomic E-state index is 11.9. The number of esters is 1. The summed E-state index contributed by atoms with van der Waals surface area (Å²) >= 11 is 0. The molecule has 0 spiro atoms. The van der Waals surface area contributed by atoms with Crippen molar-refractivity contribution in [1.82, 2.24) is 0 Å². The second-order valence-corrected chi connectivity index (χ2v) is 9.68. The predicted molar refractivity (Wildman–Crippen MR) is 156 cm³/mol. The van der Waals surface area contributed by atoms with Crippen LogP contribution in [0.25, 0.3) is 0 Å². The number of aliphatic hydroxyl groups is 1. The first-order chi connectivity index (χ1) is 20.4. The van der Waals surface area contributed by atoms with Gasteiger partial charge in [0.2, 0.25) is 6.29 Å². The van der Waals surface area contributed by atoms with Crippen molar-refractivity contribution in [2.75, 3.05) is 41.7 Å². The third-order valence-corrected chi connectivity index (χ3v) is 7.51. The standard InChI is InChI=1S/C28H34O10.2C2H6/c1-31-20-7-5-15(9-22(20)32-2)26-18-13-36-27(19(18)14-35-26)16-6-8-21(23(10-16)33-3)37-25-12-17(29)11-24(38-25)28(30)34-4;2*1-2/h5-10,17-19,24-27,29H,11-14H2,1-4H3;2*1-2H3. The predicted octanol–water partition coefficient (Wildman–Crippen LogP) is 5.26. The minimum atomic E-state index is -0.885. The van der Waals surface area contributed by atoms with E-state index in [4.69, 9.17) is 37.9 Å². The molecule has 3 aliphatic rings. The Bertz CT molecular complexity index is 1140. The Morgan fingerprint density at radius 2 is 1.24 bits per heavy atom. The molecule has 2 aromatic rings. The summed E-state index contributed by atoms with van der Waals surface area (Å²) in [5, 5.41) is 10.2. The number of carbonyl (C=O) groups is 1. The first-order valence-electron chi connectivity index (χ1n) is 14.7. The summed E-state index contributed by atoms with van der Waals surface area (Å²) in [6.45, 7) is 9.13. The lowest BCUT2D eigenvalue weighted by Gasteiger charge is -2.32. The van der Waals surface area contributed by atoms with Gasteiger partial charge in [0.1, 0.15) is 0 Å². The van der Waals surface area contributed by atoms with Gasteiger partial charge in [0, 0.05) is 24.7 Å². The van der Waals surface area contributed by atoms with E-state index in [1.807, 2.05) is 58.0 Å². The van der Waals surface area contributed by atoms with Gasteiger partial charge < -0.3 is 43.0 Å². The fourth-order valence-corrected chi connectivity index (χ4v) is 5.58. The van der Waals surface area contributed by atoms with Gasteiger partial charge in [0.25, 0.3) is 0 Å². The quantitative estimate of drug-likeness (QED) is 0.409. The number of carbonyl (C=O) groups excluding carboxylic acids is 1. The van der Waals surface area contributed by atoms with Gasteiger partial charge in [-0.25, -0.2) is 4.79 Å². The molecule has 10 heteroatoms. The van der Waals surface area contributed by atoms with Crippen LogP contribution in [-0.2, 0) is 23.7 Å². The average molecular weight is 591 g/mol. The second-order valence-electron chi connectivity index (χ2n) is 9.68. The first-order valence-corrected chi connectivity index (χ1v) is 14.7. The number of ether oxygens (including phenoxy) is 8. The van der Waals surface area contributed by atoms with Crippen molar-refractivity contribution in [2.24, 2.45) is 11.8 Å². The van der Waals surface area contributed by atoms with E-state index in [1.165, 1.54) is 7.11 Å². The van der Waals surface area contributed by atoms with Crippen LogP contribution in [0.4, 0.5) is 0 Å². The number of rotatable bonds is 8. The third-order valence-electron chi connectivity index (χ3n) is 7.51. The molecular weight excluding hydrogens is 544 g/mol. The summed E-state index contributed by atoms with van der Waals surface area (Å²) in [6.07, 6.45) is -2.33. The Kier molecular flexibility index (Phi) is 12.7. The lowest BCUT2D eigenvalue weighted by molar-refractivity contribution is -0.197. The second kappa shape index (κ2) is 16.0. The molecule has 0 aliphatic carbocycles. The Morgan fingerprint density at radius 3 is 1.74 bits per heavy atom. The van der Waals surface area contributed by atoms with E-state index in [0.717, 1.165) is 11.1 Å². The van der Waals surface area contributed by atoms with Gasteiger partial charge in [-0.2, -0.15) is 0 Å². The molecule has 0 saturated carbocycles. The number of hydrogen-bond donors (Lipinski definition) is 1. The van der Waals surface area contributed by atoms with E-state index in [-0.39, 0.29) is 36.9 Å². The molecule has 3 fully saturated rings. The SMILES string of the molecule is CC.CC.COC(=O)C1CC(O)CC(Oc2ccc(C3OCC4C(c5ccc(OC)c(OC)c5)OCC34)cc2OC)O1. The molecule has 5 rings (SSSR count). The topological polar surface area (TPSA) is 111 Å². The molecule has 0 radical (unpaired) electrons. The number of hydrogen-bond acceptors (Lipinski definition) is 10. The summed E-state index contributed by atoms with van der Waals surface area (Å²) in [5.41, 5.74) is 1.98. The molecule has 0 aromatic heterocycles. The normalized spacial score (nSPS) is 27.8. The van der Waals surface area contributed by atoms with Crippen molar-refractivity contribution in [3.63, 3.8) is 0 Å². The molecule has 7 unspecified atom stereocenters. The van der Waals surface area contributed by atoms with E-state index in [0.29, 0.717) is 36.2 Å². The Labute approximate surface area is 249 Å². The van der Waals surface area contributed by atoms with Crippen LogP contribution in [0.5, 0.6) is 23.0 Å². The Balaban J connectivity index is 0.00000116. The highest BCUT2D eigenvalue weighted by Crippen LogP contribution is 2.51. The van der Waals surface area contributed by atoms with Gasteiger partial charge in [-0.15, -0.1) is 0 Å². The fourth-order valence-electron chi connectivity index (χ4n) is 5.58. The zero-order valence-corrected chi connectivity index (χ0v) is 26.0. The van der Waals surface area contributed by atoms with Crippen LogP contribution in [0.3, 0.4) is 0 Å². The lowest BCUT2D eigenvalue weighted by atomic mass is 9.85. The molecule has 0 bridgehead atoms. The zero-order chi connectivity index (χ0) is 30.8. The molecule has 2 aromatic carbocycles. The van der Waals surface area contributed by atoms with Gasteiger partial charge in [0.05, 0.1) is 60.0 Å². The van der Waals surface area contributed by atoms with Crippen molar-refractivity contribution < 1.29 is 47.8 Å². The minimum Gasteiger partial charge on any atom is -0.493 e. The molecule has 10 nitrogen and oxygen atoms in total. The molecule has 7 atom stereocenters. The van der Waals surface area contributed by atoms with E-state index in [9.17, 15) is 9.90 Å². The van der Waals surface area contributed by atoms with Gasteiger partial charge >= 0.3 is 5.97 Å². The summed E-state index contributed by atoms with van der Waals surface area (Å²) in [5.74, 6) is 2.10. The van der Waals surface area contributed by atoms with Crippen LogP contribution < -0.4 is 18.9 Å². The van der Waals surface area contributed by atoms with Crippen molar-refractivity contribution in [3.05, 3.63) is 47.5 Å². The summed E-state index contributed by atoms with van der Waals surface area (Å²) in [7, 11) is 6.08. The van der Waals surface area contributed by atoms with Crippen molar-refractivity contribution in [3.8, 4) is 23.0 Å². The summed E-state index contributed by atoms with van der Waals surface area (Å²) in [6, 6.07) is 11.5. The summed E-state index contributed by atoms with van der Waals surface area (Å²) in [4.78, 5) is 11.9. The Morgan fingerprint density at radius 1 is 0.738 bits per heavy atom. The van der Waals surface area contributed by atoms with Crippen LogP contribution in [0, 0.1) is 11.8 Å². The molecule has 42 heavy (non-hydrogen) atoms. The van der Waals surface area contributed by atoms with E-state index < -0.39 is 24.5 Å². The van der Waals surface area contributed by atoms with Gasteiger partial charge in [-0.05, 0) is 35.4 Å². The van der Waals surface area contributed by atoms with E-state index in [1.54, 1.807) is 27.4 Å². The maximum absolute atomic E-state index is 11.9. The highest BCUT2D eigenvalue weighted by molar-refractivity contribution is 5.74. The maximum Gasteiger partial charge on any atom is 0.335 e. The van der Waals surface area contributed by atoms with Gasteiger partial charge in [-0.3, -0.25) is 0 Å². The van der Waals surface area contributed by atoms with Crippen molar-refractivity contribution in [2.45, 2.75) is 71.2 Å². The highest BCUT2D eigenvalue weighted by atomic mass is 16.7. The number of aliphatic hydroxyl groups excluding tert-OH is 1. The van der Waals surface area contributed by atoms with Crippen molar-refractivity contribution >= 4 is 5.97 Å². The number of fused-ring (bicyclic) bond motifs is 1. The smallest absolute Gasteiger partial charge is 0.335 e. The lowest BCUT2D eigenvalue weighted by Crippen LogP contribution is -2.43. The largest absolute Gasteiger partial charge is 0.493 e. The van der Waals surface area contributed by atoms with Crippen LogP contribution in [0.1, 0.15) is 63.9 Å². The van der Waals surface area contributed by atoms with Crippen LogP contribution in [-0.4, -0.2) is 71.2 Å². The molecular formula is C32H46O10. The van der Waals surface area contributed by atoms with E-state index in [2.05, 4.69) is 0 Å². The third kappa shape index (κ3) is 7.29. The zero-order valence-electron chi connectivity index (χ0n) is 26.0. The molecule has 3 saturated heterocycles. The van der Waals surface area contributed by atoms with Crippen LogP contribution in [0.15, 0.2) is 36.4 Å². The summed E-state index contributed by atoms with van der Waals surface area (Å²) < 4.78 is 45.4. The van der Waals surface area contributed by atoms with Crippen molar-refractivity contribution in [1.29, 1.82) is 0 Å². The Hall–Kier alpha value is -3.05. The molecule has 234 valence electrons. The molecule has 3 heterocycles. The number of benzene rings is 2. The van der Waals surface area contributed by atoms with E-state index >= 15 is 0 Å². The molecule has 1 N–H and O–H groups in total. The van der Waals surface area contributed by atoms with Gasteiger partial charge in [0.15, 0.2) is 29.1 Å². The van der Waals surface area contributed by atoms with Gasteiger partial charge in [-0.1, -0.05) is 39.8 Å².